The summed E-state index contributed by atoms with van der Waals surface area (Å²) in [4.78, 5) is 0. The molecule has 0 radical (unpaired) electrons. The SMILES string of the molecule is CCn1c(-c2cccc(NS(=O)(=O)NC)c2)c(N)c2ccc(OC)cc21. The molecule has 8 heteroatoms. The molecule has 0 spiro atoms. The molecule has 0 atom stereocenters. The Morgan fingerprint density at radius 1 is 1.19 bits per heavy atom. The number of anilines is 2. The Kier molecular flexibility index (Phi) is 4.80. The third-order valence-corrected chi connectivity index (χ3v) is 5.33. The van der Waals surface area contributed by atoms with E-state index < -0.39 is 10.2 Å². The summed E-state index contributed by atoms with van der Waals surface area (Å²) in [5, 5.41) is 0.934. The predicted octanol–water partition coefficient (Wildman–Crippen LogP) is 2.80. The summed E-state index contributed by atoms with van der Waals surface area (Å²) in [6, 6.07) is 12.9. The highest BCUT2D eigenvalue weighted by Gasteiger charge is 2.17. The van der Waals surface area contributed by atoms with E-state index in [0.717, 1.165) is 27.9 Å². The summed E-state index contributed by atoms with van der Waals surface area (Å²) in [5.41, 5.74) is 10.2. The van der Waals surface area contributed by atoms with Gasteiger partial charge in [0.2, 0.25) is 0 Å². The van der Waals surface area contributed by atoms with Crippen LogP contribution in [0.25, 0.3) is 22.2 Å². The molecule has 26 heavy (non-hydrogen) atoms. The number of nitrogens with zero attached hydrogens (tertiary/aromatic N) is 1. The standard InChI is InChI=1S/C18H22N4O3S/c1-4-22-16-11-14(25-3)8-9-15(16)17(19)18(22)12-6-5-7-13(10-12)21-26(23,24)20-2/h5-11,20-21H,4,19H2,1-3H3. The number of nitrogens with one attached hydrogen (secondary N) is 2. The van der Waals surface area contributed by atoms with Crippen LogP contribution in [0.1, 0.15) is 6.92 Å². The average Bonchev–Trinajstić information content (AvgIpc) is 2.92. The molecule has 1 aromatic heterocycles. The molecule has 4 N–H and O–H groups in total. The second kappa shape index (κ2) is 6.89. The zero-order valence-corrected chi connectivity index (χ0v) is 15.7. The van der Waals surface area contributed by atoms with Crippen molar-refractivity contribution >= 4 is 32.5 Å². The third kappa shape index (κ3) is 3.21. The van der Waals surface area contributed by atoms with E-state index in [4.69, 9.17) is 10.5 Å². The lowest BCUT2D eigenvalue weighted by Crippen LogP contribution is -2.26. The Hall–Kier alpha value is -2.71. The van der Waals surface area contributed by atoms with Crippen molar-refractivity contribution in [2.75, 3.05) is 24.6 Å². The largest absolute Gasteiger partial charge is 0.497 e. The first-order chi connectivity index (χ1) is 12.4. The van der Waals surface area contributed by atoms with Gasteiger partial charge in [0, 0.05) is 30.6 Å². The molecule has 2 aromatic carbocycles. The molecule has 1 heterocycles. The summed E-state index contributed by atoms with van der Waals surface area (Å²) in [6.07, 6.45) is 0. The van der Waals surface area contributed by atoms with Crippen LogP contribution in [0, 0.1) is 0 Å². The molecule has 0 aliphatic heterocycles. The highest BCUT2D eigenvalue weighted by Crippen LogP contribution is 2.38. The van der Waals surface area contributed by atoms with E-state index in [1.165, 1.54) is 7.05 Å². The lowest BCUT2D eigenvalue weighted by Gasteiger charge is -2.12. The summed E-state index contributed by atoms with van der Waals surface area (Å²) in [5.74, 6) is 0.756. The van der Waals surface area contributed by atoms with Crippen LogP contribution >= 0.6 is 0 Å². The van der Waals surface area contributed by atoms with E-state index in [1.54, 1.807) is 25.3 Å². The zero-order chi connectivity index (χ0) is 18.9. The molecule has 0 saturated heterocycles. The van der Waals surface area contributed by atoms with Crippen LogP contribution < -0.4 is 19.9 Å². The predicted molar refractivity (Wildman–Crippen MR) is 106 cm³/mol. The van der Waals surface area contributed by atoms with E-state index in [-0.39, 0.29) is 0 Å². The average molecular weight is 374 g/mol. The number of aromatic nitrogens is 1. The van der Waals surface area contributed by atoms with Gasteiger partial charge >= 0.3 is 0 Å². The van der Waals surface area contributed by atoms with Crippen LogP contribution in [-0.4, -0.2) is 27.1 Å². The van der Waals surface area contributed by atoms with Gasteiger partial charge in [0.05, 0.1) is 29.7 Å². The fraction of sp³-hybridized carbons (Fsp3) is 0.222. The van der Waals surface area contributed by atoms with Crippen LogP contribution in [-0.2, 0) is 16.8 Å². The van der Waals surface area contributed by atoms with Gasteiger partial charge in [0.15, 0.2) is 0 Å². The number of fused-ring (bicyclic) bond motifs is 1. The van der Waals surface area contributed by atoms with Crippen LogP contribution in [0.4, 0.5) is 11.4 Å². The summed E-state index contributed by atoms with van der Waals surface area (Å²) >= 11 is 0. The second-order valence-corrected chi connectivity index (χ2v) is 7.40. The smallest absolute Gasteiger partial charge is 0.298 e. The van der Waals surface area contributed by atoms with Crippen molar-refractivity contribution in [2.24, 2.45) is 0 Å². The topological polar surface area (TPSA) is 98.4 Å². The van der Waals surface area contributed by atoms with Crippen molar-refractivity contribution in [3.8, 4) is 17.0 Å². The minimum absolute atomic E-state index is 0.460. The highest BCUT2D eigenvalue weighted by atomic mass is 32.2. The summed E-state index contributed by atoms with van der Waals surface area (Å²) in [6.45, 7) is 2.75. The maximum atomic E-state index is 11.8. The Balaban J connectivity index is 2.18. The van der Waals surface area contributed by atoms with Gasteiger partial charge in [-0.2, -0.15) is 8.42 Å². The number of aryl methyl sites for hydroxylation is 1. The van der Waals surface area contributed by atoms with Gasteiger partial charge in [0.1, 0.15) is 5.75 Å². The van der Waals surface area contributed by atoms with Crippen molar-refractivity contribution in [2.45, 2.75) is 13.5 Å². The summed E-state index contributed by atoms with van der Waals surface area (Å²) in [7, 11) is -0.605. The molecule has 138 valence electrons. The van der Waals surface area contributed by atoms with Crippen LogP contribution in [0.3, 0.4) is 0 Å². The molecular weight excluding hydrogens is 352 g/mol. The Bertz CT molecular complexity index is 1060. The fourth-order valence-electron chi connectivity index (χ4n) is 3.06. The number of nitrogens with two attached hydrogens (primary N) is 1. The van der Waals surface area contributed by atoms with Crippen molar-refractivity contribution in [3.05, 3.63) is 42.5 Å². The first-order valence-electron chi connectivity index (χ1n) is 8.17. The number of rotatable bonds is 6. The molecule has 3 aromatic rings. The zero-order valence-electron chi connectivity index (χ0n) is 14.9. The highest BCUT2D eigenvalue weighted by molar-refractivity contribution is 7.90. The Morgan fingerprint density at radius 3 is 2.62 bits per heavy atom. The Morgan fingerprint density at radius 2 is 1.96 bits per heavy atom. The maximum Gasteiger partial charge on any atom is 0.298 e. The molecule has 7 nitrogen and oxygen atoms in total. The minimum atomic E-state index is -3.59. The van der Waals surface area contributed by atoms with Crippen molar-refractivity contribution in [1.82, 2.24) is 9.29 Å². The molecule has 0 aliphatic rings. The molecule has 3 rings (SSSR count). The Labute approximate surface area is 152 Å². The van der Waals surface area contributed by atoms with Crippen LogP contribution in [0.5, 0.6) is 5.75 Å². The van der Waals surface area contributed by atoms with Crippen LogP contribution in [0.2, 0.25) is 0 Å². The second-order valence-electron chi connectivity index (χ2n) is 5.78. The van der Waals surface area contributed by atoms with Gasteiger partial charge in [-0.05, 0) is 31.2 Å². The lowest BCUT2D eigenvalue weighted by atomic mass is 10.1. The first kappa shape index (κ1) is 18.1. The molecule has 0 amide bonds. The van der Waals surface area contributed by atoms with Gasteiger partial charge in [-0.15, -0.1) is 0 Å². The molecule has 0 bridgehead atoms. The molecule has 0 unspecified atom stereocenters. The monoisotopic (exact) mass is 374 g/mol. The minimum Gasteiger partial charge on any atom is -0.497 e. The van der Waals surface area contributed by atoms with E-state index in [1.807, 2.05) is 31.2 Å². The molecule has 0 saturated carbocycles. The van der Waals surface area contributed by atoms with E-state index in [0.29, 0.717) is 17.9 Å². The first-order valence-corrected chi connectivity index (χ1v) is 9.66. The fourth-order valence-corrected chi connectivity index (χ4v) is 3.60. The van der Waals surface area contributed by atoms with Gasteiger partial charge in [-0.3, -0.25) is 4.72 Å². The van der Waals surface area contributed by atoms with Gasteiger partial charge < -0.3 is 15.0 Å². The maximum absolute atomic E-state index is 11.8. The lowest BCUT2D eigenvalue weighted by molar-refractivity contribution is 0.415. The number of benzene rings is 2. The molecular formula is C18H22N4O3S. The summed E-state index contributed by atoms with van der Waals surface area (Å²) < 4.78 is 35.6. The van der Waals surface area contributed by atoms with Crippen molar-refractivity contribution in [3.63, 3.8) is 0 Å². The van der Waals surface area contributed by atoms with Crippen LogP contribution in [0.15, 0.2) is 42.5 Å². The normalized spacial score (nSPS) is 11.7. The number of nitrogen functional groups attached to an aromatic ring is 1. The van der Waals surface area contributed by atoms with Gasteiger partial charge in [0.25, 0.3) is 10.2 Å². The van der Waals surface area contributed by atoms with Gasteiger partial charge in [-0.25, -0.2) is 4.72 Å². The quantitative estimate of drug-likeness (QED) is 0.618. The number of ether oxygens (including phenoxy) is 1. The molecule has 0 fully saturated rings. The number of hydrogen-bond donors (Lipinski definition) is 3. The van der Waals surface area contributed by atoms with E-state index >= 15 is 0 Å². The van der Waals surface area contributed by atoms with Gasteiger partial charge in [-0.1, -0.05) is 12.1 Å². The van der Waals surface area contributed by atoms with Crippen molar-refractivity contribution < 1.29 is 13.2 Å². The van der Waals surface area contributed by atoms with E-state index in [9.17, 15) is 8.42 Å². The number of methoxy groups -OCH3 is 1. The third-order valence-electron chi connectivity index (χ3n) is 4.28. The number of hydrogen-bond acceptors (Lipinski definition) is 4. The van der Waals surface area contributed by atoms with Crippen molar-refractivity contribution in [1.29, 1.82) is 0 Å². The van der Waals surface area contributed by atoms with E-state index in [2.05, 4.69) is 14.0 Å². The molecule has 0 aliphatic carbocycles.